The lowest BCUT2D eigenvalue weighted by Gasteiger charge is -2.36. The Balaban J connectivity index is 1.26. The van der Waals surface area contributed by atoms with Gasteiger partial charge in [-0.25, -0.2) is 0 Å². The summed E-state index contributed by atoms with van der Waals surface area (Å²) in [5.74, 6) is 0.936. The Hall–Kier alpha value is -3.16. The molecule has 32 heavy (non-hydrogen) atoms. The summed E-state index contributed by atoms with van der Waals surface area (Å²) in [6.07, 6.45) is 1.63. The van der Waals surface area contributed by atoms with E-state index in [-0.39, 0.29) is 0 Å². The van der Waals surface area contributed by atoms with Crippen LogP contribution in [0.2, 0.25) is 0 Å². The number of aliphatic imine (C=N–C) groups is 1. The van der Waals surface area contributed by atoms with Crippen LogP contribution in [0.5, 0.6) is 0 Å². The van der Waals surface area contributed by atoms with Gasteiger partial charge in [0, 0.05) is 52.4 Å². The molecule has 0 radical (unpaired) electrons. The normalized spacial score (nSPS) is 15.2. The van der Waals surface area contributed by atoms with Crippen LogP contribution in [-0.2, 0) is 31.0 Å². The second kappa shape index (κ2) is 11.5. The van der Waals surface area contributed by atoms with Crippen LogP contribution < -0.4 is 5.32 Å². The van der Waals surface area contributed by atoms with Crippen molar-refractivity contribution in [2.24, 2.45) is 4.99 Å². The zero-order valence-electron chi connectivity index (χ0n) is 18.6. The SMILES string of the molecule is CN=C(NCc1ccccc1COCc1ccccc1)N1CCN(Cc2ccon2)CC1. The number of piperazine rings is 1. The average molecular weight is 434 g/mol. The Morgan fingerprint density at radius 2 is 1.72 bits per heavy atom. The third-order valence-corrected chi connectivity index (χ3v) is 5.68. The Bertz CT molecular complexity index is 967. The number of ether oxygens (including phenoxy) is 1. The summed E-state index contributed by atoms with van der Waals surface area (Å²) in [5.41, 5.74) is 4.59. The molecule has 1 aromatic heterocycles. The maximum atomic E-state index is 5.96. The first kappa shape index (κ1) is 22.0. The molecule has 0 saturated carbocycles. The minimum Gasteiger partial charge on any atom is -0.372 e. The highest BCUT2D eigenvalue weighted by molar-refractivity contribution is 5.80. The van der Waals surface area contributed by atoms with E-state index in [1.54, 1.807) is 6.26 Å². The Kier molecular flexibility index (Phi) is 7.89. The Morgan fingerprint density at radius 1 is 0.969 bits per heavy atom. The van der Waals surface area contributed by atoms with Gasteiger partial charge in [-0.1, -0.05) is 59.8 Å². The molecule has 0 aliphatic carbocycles. The van der Waals surface area contributed by atoms with Gasteiger partial charge in [-0.05, 0) is 16.7 Å². The molecule has 0 unspecified atom stereocenters. The van der Waals surface area contributed by atoms with Gasteiger partial charge in [-0.15, -0.1) is 0 Å². The molecule has 7 nitrogen and oxygen atoms in total. The highest BCUT2D eigenvalue weighted by Crippen LogP contribution is 2.13. The zero-order valence-corrected chi connectivity index (χ0v) is 18.6. The first-order valence-electron chi connectivity index (χ1n) is 11.1. The molecule has 4 rings (SSSR count). The molecule has 0 bridgehead atoms. The monoisotopic (exact) mass is 433 g/mol. The minimum absolute atomic E-state index is 0.589. The molecule has 0 spiro atoms. The molecule has 2 aromatic carbocycles. The van der Waals surface area contributed by atoms with E-state index in [9.17, 15) is 0 Å². The van der Waals surface area contributed by atoms with E-state index >= 15 is 0 Å². The average Bonchev–Trinajstić information content (AvgIpc) is 3.35. The quantitative estimate of drug-likeness (QED) is 0.434. The first-order valence-corrected chi connectivity index (χ1v) is 11.1. The largest absolute Gasteiger partial charge is 0.372 e. The number of nitrogens with one attached hydrogen (secondary N) is 1. The summed E-state index contributed by atoms with van der Waals surface area (Å²) in [7, 11) is 1.85. The van der Waals surface area contributed by atoms with Crippen LogP contribution >= 0.6 is 0 Å². The van der Waals surface area contributed by atoms with E-state index in [0.29, 0.717) is 13.2 Å². The van der Waals surface area contributed by atoms with Crippen molar-refractivity contribution < 1.29 is 9.26 Å². The molecule has 1 saturated heterocycles. The maximum absolute atomic E-state index is 5.96. The van der Waals surface area contributed by atoms with Gasteiger partial charge in [0.1, 0.15) is 6.26 Å². The van der Waals surface area contributed by atoms with Crippen molar-refractivity contribution in [3.05, 3.63) is 89.3 Å². The number of benzene rings is 2. The first-order chi connectivity index (χ1) is 15.8. The van der Waals surface area contributed by atoms with Crippen molar-refractivity contribution in [3.63, 3.8) is 0 Å². The smallest absolute Gasteiger partial charge is 0.194 e. The van der Waals surface area contributed by atoms with Crippen molar-refractivity contribution in [1.29, 1.82) is 0 Å². The topological polar surface area (TPSA) is 66.1 Å². The molecule has 0 amide bonds. The number of aromatic nitrogens is 1. The van der Waals surface area contributed by atoms with Crippen LogP contribution in [-0.4, -0.2) is 54.1 Å². The van der Waals surface area contributed by atoms with E-state index in [1.807, 2.05) is 31.3 Å². The molecule has 1 aliphatic heterocycles. The van der Waals surface area contributed by atoms with Gasteiger partial charge >= 0.3 is 0 Å². The van der Waals surface area contributed by atoms with Gasteiger partial charge in [-0.2, -0.15) is 0 Å². The molecule has 1 N–H and O–H groups in total. The lowest BCUT2D eigenvalue weighted by atomic mass is 10.1. The van der Waals surface area contributed by atoms with Crippen molar-refractivity contribution >= 4 is 5.96 Å². The molecule has 7 heteroatoms. The molecule has 1 aliphatic rings. The summed E-state index contributed by atoms with van der Waals surface area (Å²) in [6.45, 7) is 6.55. The predicted octanol–water partition coefficient (Wildman–Crippen LogP) is 3.28. The molecule has 3 aromatic rings. The number of rotatable bonds is 8. The second-order valence-electron chi connectivity index (χ2n) is 7.90. The van der Waals surface area contributed by atoms with Gasteiger partial charge < -0.3 is 19.5 Å². The molecule has 2 heterocycles. The van der Waals surface area contributed by atoms with Gasteiger partial charge in [0.25, 0.3) is 0 Å². The van der Waals surface area contributed by atoms with Crippen LogP contribution in [0.3, 0.4) is 0 Å². The predicted molar refractivity (Wildman–Crippen MR) is 125 cm³/mol. The highest BCUT2D eigenvalue weighted by atomic mass is 16.5. The van der Waals surface area contributed by atoms with Crippen LogP contribution in [0.4, 0.5) is 0 Å². The number of hydrogen-bond acceptors (Lipinski definition) is 5. The van der Waals surface area contributed by atoms with Crippen LogP contribution in [0.15, 0.2) is 76.4 Å². The van der Waals surface area contributed by atoms with Crippen molar-refractivity contribution in [1.82, 2.24) is 20.3 Å². The fourth-order valence-electron chi connectivity index (χ4n) is 3.90. The molecule has 168 valence electrons. The Labute approximate surface area is 189 Å². The van der Waals surface area contributed by atoms with Crippen molar-refractivity contribution in [2.75, 3.05) is 33.2 Å². The second-order valence-corrected chi connectivity index (χ2v) is 7.90. The third kappa shape index (κ3) is 6.18. The summed E-state index contributed by atoms with van der Waals surface area (Å²) in [5, 5.41) is 7.55. The fraction of sp³-hybridized carbons (Fsp3) is 0.360. The van der Waals surface area contributed by atoms with E-state index in [1.165, 1.54) is 16.7 Å². The zero-order chi connectivity index (χ0) is 22.0. The lowest BCUT2D eigenvalue weighted by molar-refractivity contribution is 0.106. The van der Waals surface area contributed by atoms with Gasteiger partial charge in [-0.3, -0.25) is 9.89 Å². The van der Waals surface area contributed by atoms with E-state index in [0.717, 1.165) is 50.9 Å². The van der Waals surface area contributed by atoms with E-state index < -0.39 is 0 Å². The van der Waals surface area contributed by atoms with Crippen LogP contribution in [0.1, 0.15) is 22.4 Å². The molecular weight excluding hydrogens is 402 g/mol. The molecular formula is C25H31N5O2. The number of guanidine groups is 1. The standard InChI is InChI=1S/C25H31N5O2/c1-26-25(30-14-12-29(13-15-30)18-24-11-16-32-28-24)27-17-22-9-5-6-10-23(22)20-31-19-21-7-3-2-4-8-21/h2-11,16H,12-15,17-20H2,1H3,(H,26,27). The lowest BCUT2D eigenvalue weighted by Crippen LogP contribution is -2.52. The highest BCUT2D eigenvalue weighted by Gasteiger charge is 2.20. The van der Waals surface area contributed by atoms with Gasteiger partial charge in [0.15, 0.2) is 5.96 Å². The maximum Gasteiger partial charge on any atom is 0.194 e. The van der Waals surface area contributed by atoms with Crippen molar-refractivity contribution in [3.8, 4) is 0 Å². The van der Waals surface area contributed by atoms with Gasteiger partial charge in [0.2, 0.25) is 0 Å². The third-order valence-electron chi connectivity index (χ3n) is 5.68. The minimum atomic E-state index is 0.589. The number of nitrogens with zero attached hydrogens (tertiary/aromatic N) is 4. The summed E-state index contributed by atoms with van der Waals surface area (Å²) in [4.78, 5) is 9.22. The number of hydrogen-bond donors (Lipinski definition) is 1. The fourth-order valence-corrected chi connectivity index (χ4v) is 3.90. The molecule has 0 atom stereocenters. The van der Waals surface area contributed by atoms with Crippen LogP contribution in [0, 0.1) is 0 Å². The Morgan fingerprint density at radius 3 is 2.44 bits per heavy atom. The summed E-state index contributed by atoms with van der Waals surface area (Å²) >= 11 is 0. The molecule has 1 fully saturated rings. The van der Waals surface area contributed by atoms with E-state index in [2.05, 4.69) is 61.7 Å². The van der Waals surface area contributed by atoms with Crippen molar-refractivity contribution in [2.45, 2.75) is 26.3 Å². The summed E-state index contributed by atoms with van der Waals surface area (Å²) < 4.78 is 10.9. The van der Waals surface area contributed by atoms with Crippen LogP contribution in [0.25, 0.3) is 0 Å². The van der Waals surface area contributed by atoms with E-state index in [4.69, 9.17) is 9.26 Å². The van der Waals surface area contributed by atoms with Gasteiger partial charge in [0.05, 0.1) is 18.9 Å². The summed E-state index contributed by atoms with van der Waals surface area (Å²) in [6, 6.07) is 20.6.